The molecule has 0 amide bonds. The van der Waals surface area contributed by atoms with Crippen LogP contribution in [-0.4, -0.2) is 9.97 Å². The Hall–Kier alpha value is -1.14. The molecule has 2 aromatic heterocycles. The second-order valence-electron chi connectivity index (χ2n) is 3.97. The third-order valence-corrected chi connectivity index (χ3v) is 4.51. The van der Waals surface area contributed by atoms with Crippen molar-refractivity contribution in [1.82, 2.24) is 9.97 Å². The Kier molecular flexibility index (Phi) is 4.19. The highest BCUT2D eigenvalue weighted by atomic mass is 79.9. The molecule has 0 aromatic carbocycles. The highest BCUT2D eigenvalue weighted by molar-refractivity contribution is 9.10. The van der Waals surface area contributed by atoms with Gasteiger partial charge < -0.3 is 11.1 Å². The van der Waals surface area contributed by atoms with Crippen LogP contribution in [0.3, 0.4) is 0 Å². The van der Waals surface area contributed by atoms with E-state index in [1.807, 2.05) is 6.20 Å². The van der Waals surface area contributed by atoms with E-state index in [1.165, 1.54) is 4.88 Å². The van der Waals surface area contributed by atoms with Crippen molar-refractivity contribution in [3.05, 3.63) is 32.9 Å². The molecule has 2 rings (SSSR count). The minimum Gasteiger partial charge on any atom is -0.396 e. The summed E-state index contributed by atoms with van der Waals surface area (Å²) in [6.07, 6.45) is 6.32. The number of nitrogens with zero attached hydrogens (tertiary/aromatic N) is 2. The molecule has 0 aliphatic heterocycles. The summed E-state index contributed by atoms with van der Waals surface area (Å²) in [5, 5.41) is 4.43. The van der Waals surface area contributed by atoms with E-state index in [1.54, 1.807) is 23.7 Å². The van der Waals surface area contributed by atoms with Gasteiger partial charge in [0.1, 0.15) is 5.01 Å². The van der Waals surface area contributed by atoms with Crippen molar-refractivity contribution in [2.24, 2.45) is 0 Å². The molecule has 0 radical (unpaired) electrons. The van der Waals surface area contributed by atoms with Crippen LogP contribution in [-0.2, 0) is 6.42 Å². The van der Waals surface area contributed by atoms with Gasteiger partial charge in [-0.3, -0.25) is 4.98 Å². The van der Waals surface area contributed by atoms with Crippen LogP contribution in [0.25, 0.3) is 0 Å². The van der Waals surface area contributed by atoms with Crippen LogP contribution in [0.2, 0.25) is 0 Å². The van der Waals surface area contributed by atoms with Gasteiger partial charge in [0.05, 0.1) is 28.1 Å². The number of rotatable bonds is 4. The Labute approximate surface area is 119 Å². The van der Waals surface area contributed by atoms with Crippen LogP contribution in [0.1, 0.15) is 29.8 Å². The average molecular weight is 327 g/mol. The van der Waals surface area contributed by atoms with Gasteiger partial charge in [0.25, 0.3) is 0 Å². The van der Waals surface area contributed by atoms with Crippen molar-refractivity contribution in [2.75, 3.05) is 11.1 Å². The van der Waals surface area contributed by atoms with E-state index in [2.05, 4.69) is 45.1 Å². The number of aromatic nitrogens is 2. The van der Waals surface area contributed by atoms with Crippen LogP contribution >= 0.6 is 27.3 Å². The monoisotopic (exact) mass is 326 g/mol. The molecular formula is C12H15BrN4S. The fourth-order valence-corrected chi connectivity index (χ4v) is 2.89. The van der Waals surface area contributed by atoms with Crippen molar-refractivity contribution in [2.45, 2.75) is 26.3 Å². The number of anilines is 2. The summed E-state index contributed by atoms with van der Waals surface area (Å²) in [5.74, 6) is 0. The van der Waals surface area contributed by atoms with E-state index in [4.69, 9.17) is 5.73 Å². The standard InChI is InChI=1S/C12H15BrN4S/c1-3-8-4-16-12(18-8)7(2)17-11-9(13)5-15-6-10(11)14/h4-7H,3,14H2,1-2H3,(H,15,17). The predicted octanol–water partition coefficient (Wildman–Crippen LogP) is 3.62. The van der Waals surface area contributed by atoms with Gasteiger partial charge in [-0.05, 0) is 29.3 Å². The van der Waals surface area contributed by atoms with Crippen LogP contribution in [0.4, 0.5) is 11.4 Å². The number of pyridine rings is 1. The van der Waals surface area contributed by atoms with E-state index in [9.17, 15) is 0 Å². The number of nitrogens with one attached hydrogen (secondary N) is 1. The molecule has 1 unspecified atom stereocenters. The third kappa shape index (κ3) is 2.81. The van der Waals surface area contributed by atoms with Crippen LogP contribution in [0.15, 0.2) is 23.1 Å². The first-order chi connectivity index (χ1) is 8.61. The highest BCUT2D eigenvalue weighted by Gasteiger charge is 2.13. The van der Waals surface area contributed by atoms with Crippen molar-refractivity contribution >= 4 is 38.6 Å². The summed E-state index contributed by atoms with van der Waals surface area (Å²) in [6.45, 7) is 4.21. The number of hydrogen-bond acceptors (Lipinski definition) is 5. The van der Waals surface area contributed by atoms with Crippen molar-refractivity contribution in [1.29, 1.82) is 0 Å². The Morgan fingerprint density at radius 3 is 2.83 bits per heavy atom. The molecule has 1 atom stereocenters. The fourth-order valence-electron chi connectivity index (χ4n) is 1.57. The number of nitrogens with two attached hydrogens (primary N) is 1. The lowest BCUT2D eigenvalue weighted by Crippen LogP contribution is -2.08. The van der Waals surface area contributed by atoms with Gasteiger partial charge in [-0.25, -0.2) is 4.98 Å². The Bertz CT molecular complexity index is 520. The first-order valence-corrected chi connectivity index (χ1v) is 7.32. The Morgan fingerprint density at radius 1 is 1.44 bits per heavy atom. The topological polar surface area (TPSA) is 63.8 Å². The number of nitrogen functional groups attached to an aromatic ring is 1. The van der Waals surface area contributed by atoms with Gasteiger partial charge >= 0.3 is 0 Å². The molecular weight excluding hydrogens is 312 g/mol. The zero-order valence-corrected chi connectivity index (χ0v) is 12.7. The van der Waals surface area contributed by atoms with Crippen molar-refractivity contribution in [3.63, 3.8) is 0 Å². The largest absolute Gasteiger partial charge is 0.396 e. The number of halogens is 1. The van der Waals surface area contributed by atoms with Crippen molar-refractivity contribution < 1.29 is 0 Å². The number of thiazole rings is 1. The molecule has 96 valence electrons. The second-order valence-corrected chi connectivity index (χ2v) is 5.97. The third-order valence-electron chi connectivity index (χ3n) is 2.58. The van der Waals surface area contributed by atoms with E-state index >= 15 is 0 Å². The SMILES string of the molecule is CCc1cnc(C(C)Nc2c(N)cncc2Br)s1. The quantitative estimate of drug-likeness (QED) is 0.900. The van der Waals surface area contributed by atoms with Gasteiger partial charge in [0.2, 0.25) is 0 Å². The van der Waals surface area contributed by atoms with Gasteiger partial charge in [-0.15, -0.1) is 11.3 Å². The maximum Gasteiger partial charge on any atom is 0.115 e. The molecule has 0 saturated carbocycles. The first kappa shape index (κ1) is 13.3. The van der Waals surface area contributed by atoms with Crippen LogP contribution in [0, 0.1) is 0 Å². The van der Waals surface area contributed by atoms with E-state index < -0.39 is 0 Å². The van der Waals surface area contributed by atoms with Gasteiger partial charge in [0, 0.05) is 17.3 Å². The zero-order valence-electron chi connectivity index (χ0n) is 10.3. The maximum atomic E-state index is 5.91. The maximum absolute atomic E-state index is 5.91. The van der Waals surface area contributed by atoms with Crippen molar-refractivity contribution in [3.8, 4) is 0 Å². The molecule has 6 heteroatoms. The van der Waals surface area contributed by atoms with E-state index in [0.29, 0.717) is 5.69 Å². The minimum absolute atomic E-state index is 0.122. The van der Waals surface area contributed by atoms with Gasteiger partial charge in [-0.2, -0.15) is 0 Å². The van der Waals surface area contributed by atoms with Crippen LogP contribution < -0.4 is 11.1 Å². The lowest BCUT2D eigenvalue weighted by molar-refractivity contribution is 0.868. The summed E-state index contributed by atoms with van der Waals surface area (Å²) >= 11 is 5.17. The second kappa shape index (κ2) is 5.67. The molecule has 2 aromatic rings. The predicted molar refractivity (Wildman–Crippen MR) is 79.9 cm³/mol. The lowest BCUT2D eigenvalue weighted by atomic mass is 10.3. The summed E-state index contributed by atoms with van der Waals surface area (Å²) < 4.78 is 0.863. The first-order valence-electron chi connectivity index (χ1n) is 5.72. The summed E-state index contributed by atoms with van der Waals surface area (Å²) in [5.41, 5.74) is 7.40. The molecule has 0 fully saturated rings. The average Bonchev–Trinajstić information content (AvgIpc) is 2.82. The fraction of sp³-hybridized carbons (Fsp3) is 0.333. The molecule has 0 saturated heterocycles. The molecule has 3 N–H and O–H groups in total. The number of aryl methyl sites for hydroxylation is 1. The minimum atomic E-state index is 0.122. The Morgan fingerprint density at radius 2 is 2.22 bits per heavy atom. The molecule has 18 heavy (non-hydrogen) atoms. The highest BCUT2D eigenvalue weighted by Crippen LogP contribution is 2.31. The van der Waals surface area contributed by atoms with E-state index in [0.717, 1.165) is 21.6 Å². The van der Waals surface area contributed by atoms with Gasteiger partial charge in [0.15, 0.2) is 0 Å². The molecule has 0 aliphatic carbocycles. The lowest BCUT2D eigenvalue weighted by Gasteiger charge is -2.15. The molecule has 4 nitrogen and oxygen atoms in total. The normalized spacial score (nSPS) is 12.4. The zero-order chi connectivity index (χ0) is 13.1. The number of hydrogen-bond donors (Lipinski definition) is 2. The van der Waals surface area contributed by atoms with Gasteiger partial charge in [-0.1, -0.05) is 6.92 Å². The van der Waals surface area contributed by atoms with E-state index in [-0.39, 0.29) is 6.04 Å². The summed E-state index contributed by atoms with van der Waals surface area (Å²) in [4.78, 5) is 9.74. The Balaban J connectivity index is 2.18. The van der Waals surface area contributed by atoms with Crippen LogP contribution in [0.5, 0.6) is 0 Å². The molecule has 0 spiro atoms. The summed E-state index contributed by atoms with van der Waals surface area (Å²) in [7, 11) is 0. The smallest absolute Gasteiger partial charge is 0.115 e. The summed E-state index contributed by atoms with van der Waals surface area (Å²) in [6, 6.07) is 0.122. The molecule has 0 aliphatic rings. The molecule has 0 bridgehead atoms. The molecule has 2 heterocycles.